The number of nitrogens with two attached hydrogens (primary N) is 1. The summed E-state index contributed by atoms with van der Waals surface area (Å²) in [5.41, 5.74) is 7.53. The van der Waals surface area contributed by atoms with Crippen LogP contribution < -0.4 is 15.2 Å². The number of benzene rings is 2. The Morgan fingerprint density at radius 1 is 1.11 bits per heavy atom. The molecule has 2 aromatic carbocycles. The van der Waals surface area contributed by atoms with Gasteiger partial charge in [-0.25, -0.2) is 0 Å². The van der Waals surface area contributed by atoms with Crippen molar-refractivity contribution in [3.63, 3.8) is 0 Å². The normalized spacial score (nSPS) is 10.1. The maximum atomic E-state index is 5.81. The van der Waals surface area contributed by atoms with Crippen LogP contribution in [0, 0.1) is 3.57 Å². The maximum absolute atomic E-state index is 5.81. The van der Waals surface area contributed by atoms with Crippen LogP contribution in [0.25, 0.3) is 0 Å². The summed E-state index contributed by atoms with van der Waals surface area (Å²) in [4.78, 5) is 0. The summed E-state index contributed by atoms with van der Waals surface area (Å²) < 4.78 is 12.0. The molecular formula is C14H14INO2. The summed E-state index contributed by atoms with van der Waals surface area (Å²) >= 11 is 2.28. The van der Waals surface area contributed by atoms with Gasteiger partial charge in [-0.05, 0) is 52.4 Å². The SMILES string of the molecule is COc1ccc(OCc2ccc(I)cc2)cc1N. The van der Waals surface area contributed by atoms with E-state index < -0.39 is 0 Å². The van der Waals surface area contributed by atoms with Gasteiger partial charge in [-0.3, -0.25) is 0 Å². The van der Waals surface area contributed by atoms with Gasteiger partial charge < -0.3 is 15.2 Å². The summed E-state index contributed by atoms with van der Waals surface area (Å²) in [6.07, 6.45) is 0. The smallest absolute Gasteiger partial charge is 0.142 e. The number of rotatable bonds is 4. The molecule has 4 heteroatoms. The molecule has 0 spiro atoms. The number of anilines is 1. The molecule has 2 N–H and O–H groups in total. The molecule has 0 aromatic heterocycles. The first-order valence-corrected chi connectivity index (χ1v) is 6.57. The lowest BCUT2D eigenvalue weighted by Crippen LogP contribution is -1.97. The van der Waals surface area contributed by atoms with Gasteiger partial charge in [-0.2, -0.15) is 0 Å². The van der Waals surface area contributed by atoms with Gasteiger partial charge in [0.25, 0.3) is 0 Å². The molecule has 0 fully saturated rings. The highest BCUT2D eigenvalue weighted by molar-refractivity contribution is 14.1. The third-order valence-electron chi connectivity index (χ3n) is 2.52. The molecule has 0 aliphatic carbocycles. The van der Waals surface area contributed by atoms with Gasteiger partial charge in [-0.15, -0.1) is 0 Å². The van der Waals surface area contributed by atoms with E-state index in [2.05, 4.69) is 46.9 Å². The second-order valence-corrected chi connectivity index (χ2v) is 5.06. The predicted octanol–water partition coefficient (Wildman–Crippen LogP) is 3.46. The Balaban J connectivity index is 2.02. The average molecular weight is 355 g/mol. The number of hydrogen-bond donors (Lipinski definition) is 1. The minimum Gasteiger partial charge on any atom is -0.495 e. The number of hydrogen-bond acceptors (Lipinski definition) is 3. The van der Waals surface area contributed by atoms with E-state index in [9.17, 15) is 0 Å². The van der Waals surface area contributed by atoms with Crippen LogP contribution >= 0.6 is 22.6 Å². The van der Waals surface area contributed by atoms with Crippen molar-refractivity contribution in [2.75, 3.05) is 12.8 Å². The molecule has 0 aliphatic rings. The standard InChI is InChI=1S/C14H14INO2/c1-17-14-7-6-12(8-13(14)16)18-9-10-2-4-11(15)5-3-10/h2-8H,9,16H2,1H3. The fourth-order valence-electron chi connectivity index (χ4n) is 1.55. The Morgan fingerprint density at radius 3 is 2.44 bits per heavy atom. The Morgan fingerprint density at radius 2 is 1.83 bits per heavy atom. The lowest BCUT2D eigenvalue weighted by Gasteiger charge is -2.09. The quantitative estimate of drug-likeness (QED) is 0.675. The van der Waals surface area contributed by atoms with E-state index in [0.717, 1.165) is 11.3 Å². The number of methoxy groups -OCH3 is 1. The summed E-state index contributed by atoms with van der Waals surface area (Å²) in [6.45, 7) is 0.530. The third kappa shape index (κ3) is 3.29. The molecule has 0 atom stereocenters. The Hall–Kier alpha value is -1.43. The van der Waals surface area contributed by atoms with Gasteiger partial charge >= 0.3 is 0 Å². The zero-order valence-electron chi connectivity index (χ0n) is 10.0. The molecule has 0 unspecified atom stereocenters. The molecule has 0 saturated heterocycles. The van der Waals surface area contributed by atoms with E-state index in [1.54, 1.807) is 19.2 Å². The van der Waals surface area contributed by atoms with Crippen LogP contribution in [-0.4, -0.2) is 7.11 Å². The molecule has 0 amide bonds. The molecule has 0 bridgehead atoms. The van der Waals surface area contributed by atoms with E-state index in [1.165, 1.54) is 3.57 Å². The monoisotopic (exact) mass is 355 g/mol. The van der Waals surface area contributed by atoms with Crippen molar-refractivity contribution in [3.05, 3.63) is 51.6 Å². The largest absolute Gasteiger partial charge is 0.495 e. The van der Waals surface area contributed by atoms with E-state index in [0.29, 0.717) is 18.0 Å². The first-order chi connectivity index (χ1) is 8.69. The van der Waals surface area contributed by atoms with Crippen molar-refractivity contribution in [1.82, 2.24) is 0 Å². The summed E-state index contributed by atoms with van der Waals surface area (Å²) in [5, 5.41) is 0. The van der Waals surface area contributed by atoms with Gasteiger partial charge in [0.2, 0.25) is 0 Å². The molecule has 18 heavy (non-hydrogen) atoms. The molecule has 2 aromatic rings. The Kier molecular flexibility index (Phi) is 4.30. The van der Waals surface area contributed by atoms with Crippen molar-refractivity contribution in [3.8, 4) is 11.5 Å². The van der Waals surface area contributed by atoms with Gasteiger partial charge in [-0.1, -0.05) is 12.1 Å². The molecule has 2 rings (SSSR count). The van der Waals surface area contributed by atoms with Crippen LogP contribution in [0.4, 0.5) is 5.69 Å². The van der Waals surface area contributed by atoms with Gasteiger partial charge in [0, 0.05) is 9.64 Å². The van der Waals surface area contributed by atoms with Crippen molar-refractivity contribution < 1.29 is 9.47 Å². The highest BCUT2D eigenvalue weighted by Gasteiger charge is 2.02. The average Bonchev–Trinajstić information content (AvgIpc) is 2.38. The summed E-state index contributed by atoms with van der Waals surface area (Å²) in [5.74, 6) is 1.41. The molecule has 0 saturated carbocycles. The minimum atomic E-state index is 0.530. The molecule has 0 aliphatic heterocycles. The van der Waals surface area contributed by atoms with Crippen molar-refractivity contribution >= 4 is 28.3 Å². The molecular weight excluding hydrogens is 341 g/mol. The number of nitrogen functional groups attached to an aromatic ring is 1. The van der Waals surface area contributed by atoms with Crippen LogP contribution in [0.5, 0.6) is 11.5 Å². The molecule has 0 radical (unpaired) electrons. The zero-order valence-corrected chi connectivity index (χ0v) is 12.2. The fraction of sp³-hybridized carbons (Fsp3) is 0.143. The molecule has 94 valence electrons. The van der Waals surface area contributed by atoms with Crippen molar-refractivity contribution in [1.29, 1.82) is 0 Å². The summed E-state index contributed by atoms with van der Waals surface area (Å²) in [6, 6.07) is 13.6. The zero-order chi connectivity index (χ0) is 13.0. The van der Waals surface area contributed by atoms with Crippen LogP contribution in [0.15, 0.2) is 42.5 Å². The minimum absolute atomic E-state index is 0.530. The first-order valence-electron chi connectivity index (χ1n) is 5.50. The van der Waals surface area contributed by atoms with E-state index in [1.807, 2.05) is 6.07 Å². The maximum Gasteiger partial charge on any atom is 0.142 e. The summed E-state index contributed by atoms with van der Waals surface area (Å²) in [7, 11) is 1.60. The van der Waals surface area contributed by atoms with Gasteiger partial charge in [0.15, 0.2) is 0 Å². The van der Waals surface area contributed by atoms with Gasteiger partial charge in [0.05, 0.1) is 12.8 Å². The van der Waals surface area contributed by atoms with Crippen molar-refractivity contribution in [2.45, 2.75) is 6.61 Å². The third-order valence-corrected chi connectivity index (χ3v) is 3.24. The topological polar surface area (TPSA) is 44.5 Å². The predicted molar refractivity (Wildman–Crippen MR) is 80.9 cm³/mol. The lowest BCUT2D eigenvalue weighted by atomic mass is 10.2. The number of ether oxygens (including phenoxy) is 2. The van der Waals surface area contributed by atoms with E-state index >= 15 is 0 Å². The van der Waals surface area contributed by atoms with Gasteiger partial charge in [0.1, 0.15) is 18.1 Å². The highest BCUT2D eigenvalue weighted by Crippen LogP contribution is 2.26. The second kappa shape index (κ2) is 5.95. The molecule has 3 nitrogen and oxygen atoms in total. The van der Waals surface area contributed by atoms with Crippen LogP contribution in [-0.2, 0) is 6.61 Å². The van der Waals surface area contributed by atoms with E-state index in [4.69, 9.17) is 15.2 Å². The lowest BCUT2D eigenvalue weighted by molar-refractivity contribution is 0.305. The Bertz CT molecular complexity index is 526. The van der Waals surface area contributed by atoms with Crippen LogP contribution in [0.1, 0.15) is 5.56 Å². The fourth-order valence-corrected chi connectivity index (χ4v) is 1.91. The second-order valence-electron chi connectivity index (χ2n) is 3.82. The molecule has 0 heterocycles. The highest BCUT2D eigenvalue weighted by atomic mass is 127. The first kappa shape index (κ1) is 13.0. The Labute approximate surface area is 120 Å². The van der Waals surface area contributed by atoms with Crippen LogP contribution in [0.3, 0.4) is 0 Å². The van der Waals surface area contributed by atoms with Crippen LogP contribution in [0.2, 0.25) is 0 Å². The van der Waals surface area contributed by atoms with E-state index in [-0.39, 0.29) is 0 Å². The number of halogens is 1. The van der Waals surface area contributed by atoms with Crippen molar-refractivity contribution in [2.24, 2.45) is 0 Å².